The summed E-state index contributed by atoms with van der Waals surface area (Å²) in [6, 6.07) is 8.20. The van der Waals surface area contributed by atoms with E-state index in [0.717, 1.165) is 18.0 Å². The highest BCUT2D eigenvalue weighted by molar-refractivity contribution is 5.40. The number of nitrogens with one attached hydrogen (secondary N) is 1. The van der Waals surface area contributed by atoms with Crippen molar-refractivity contribution in [3.05, 3.63) is 29.8 Å². The van der Waals surface area contributed by atoms with E-state index in [1.165, 1.54) is 25.1 Å². The highest BCUT2D eigenvalue weighted by Gasteiger charge is 2.15. The topological polar surface area (TPSA) is 38.0 Å². The average Bonchev–Trinajstić information content (AvgIpc) is 2.01. The fourth-order valence-corrected chi connectivity index (χ4v) is 1.67. The number of hydrogen-bond acceptors (Lipinski definition) is 2. The Morgan fingerprint density at radius 2 is 2.23 bits per heavy atom. The zero-order chi connectivity index (χ0) is 9.10. The van der Waals surface area contributed by atoms with E-state index in [1.54, 1.807) is 0 Å². The smallest absolute Gasteiger partial charge is 0.0316 e. The summed E-state index contributed by atoms with van der Waals surface area (Å²) >= 11 is 0. The van der Waals surface area contributed by atoms with Gasteiger partial charge in [0.25, 0.3) is 0 Å². The van der Waals surface area contributed by atoms with Crippen LogP contribution in [0.2, 0.25) is 0 Å². The van der Waals surface area contributed by atoms with Gasteiger partial charge >= 0.3 is 0 Å². The molecule has 3 N–H and O–H groups in total. The van der Waals surface area contributed by atoms with E-state index < -0.39 is 0 Å². The molecule has 0 saturated carbocycles. The largest absolute Gasteiger partial charge is 0.399 e. The highest BCUT2D eigenvalue weighted by Crippen LogP contribution is 2.14. The van der Waals surface area contributed by atoms with Gasteiger partial charge in [-0.3, -0.25) is 0 Å². The van der Waals surface area contributed by atoms with Crippen LogP contribution in [0, 0.1) is 5.92 Å². The van der Waals surface area contributed by atoms with E-state index in [0.29, 0.717) is 0 Å². The maximum Gasteiger partial charge on any atom is 0.0316 e. The number of nitrogens with two attached hydrogens (primary N) is 1. The normalized spacial score (nSPS) is 16.9. The molecule has 1 aliphatic rings. The van der Waals surface area contributed by atoms with Gasteiger partial charge in [-0.2, -0.15) is 0 Å². The van der Waals surface area contributed by atoms with Gasteiger partial charge in [0.05, 0.1) is 0 Å². The first kappa shape index (κ1) is 8.57. The van der Waals surface area contributed by atoms with Crippen LogP contribution in [0.4, 0.5) is 5.69 Å². The summed E-state index contributed by atoms with van der Waals surface area (Å²) in [5.74, 6) is 0.890. The van der Waals surface area contributed by atoms with E-state index >= 15 is 0 Å². The second kappa shape index (κ2) is 3.79. The lowest BCUT2D eigenvalue weighted by atomic mass is 9.95. The summed E-state index contributed by atoms with van der Waals surface area (Å²) in [6.07, 6.45) is 2.45. The molecule has 70 valence electrons. The Morgan fingerprint density at radius 3 is 2.85 bits per heavy atom. The Bertz CT molecular complexity index is 279. The van der Waals surface area contributed by atoms with Crippen molar-refractivity contribution in [3.8, 4) is 0 Å². The van der Waals surface area contributed by atoms with Crippen LogP contribution in [0.3, 0.4) is 0 Å². The van der Waals surface area contributed by atoms with Crippen molar-refractivity contribution in [3.63, 3.8) is 0 Å². The SMILES string of the molecule is Nc1cccc(CCC2CNC2)c1. The number of aryl methyl sites for hydroxylation is 1. The number of nitrogen functional groups attached to an aromatic ring is 1. The lowest BCUT2D eigenvalue weighted by molar-refractivity contribution is 0.328. The Balaban J connectivity index is 1.86. The van der Waals surface area contributed by atoms with Crippen molar-refractivity contribution in [1.29, 1.82) is 0 Å². The fraction of sp³-hybridized carbons (Fsp3) is 0.455. The molecule has 2 heteroatoms. The van der Waals surface area contributed by atoms with Crippen LogP contribution in [0.25, 0.3) is 0 Å². The average molecular weight is 176 g/mol. The summed E-state index contributed by atoms with van der Waals surface area (Å²) in [5, 5.41) is 3.28. The van der Waals surface area contributed by atoms with Gasteiger partial charge in [0, 0.05) is 5.69 Å². The van der Waals surface area contributed by atoms with Crippen LogP contribution in [-0.4, -0.2) is 13.1 Å². The lowest BCUT2D eigenvalue weighted by Gasteiger charge is -2.26. The molecule has 1 aromatic rings. The van der Waals surface area contributed by atoms with E-state index in [1.807, 2.05) is 12.1 Å². The van der Waals surface area contributed by atoms with Crippen molar-refractivity contribution < 1.29 is 0 Å². The predicted octanol–water partition coefficient (Wildman–Crippen LogP) is 1.42. The maximum atomic E-state index is 5.70. The van der Waals surface area contributed by atoms with Crippen molar-refractivity contribution in [1.82, 2.24) is 5.32 Å². The Kier molecular flexibility index (Phi) is 2.50. The molecule has 2 nitrogen and oxygen atoms in total. The van der Waals surface area contributed by atoms with Crippen molar-refractivity contribution in [2.75, 3.05) is 18.8 Å². The molecule has 0 atom stereocenters. The molecule has 0 amide bonds. The first-order chi connectivity index (χ1) is 6.34. The summed E-state index contributed by atoms with van der Waals surface area (Å²) in [7, 11) is 0. The molecule has 1 aromatic carbocycles. The molecule has 0 aromatic heterocycles. The molecule has 13 heavy (non-hydrogen) atoms. The van der Waals surface area contributed by atoms with Crippen LogP contribution >= 0.6 is 0 Å². The minimum Gasteiger partial charge on any atom is -0.399 e. The highest BCUT2D eigenvalue weighted by atomic mass is 14.9. The third-order valence-electron chi connectivity index (χ3n) is 2.66. The van der Waals surface area contributed by atoms with Crippen LogP contribution in [0.1, 0.15) is 12.0 Å². The van der Waals surface area contributed by atoms with Gasteiger partial charge in [-0.25, -0.2) is 0 Å². The van der Waals surface area contributed by atoms with Crippen molar-refractivity contribution in [2.45, 2.75) is 12.8 Å². The van der Waals surface area contributed by atoms with Gasteiger partial charge in [0.15, 0.2) is 0 Å². The standard InChI is InChI=1S/C11H16N2/c12-11-3-1-2-9(6-11)4-5-10-7-13-8-10/h1-3,6,10,13H,4-5,7-8,12H2. The van der Waals surface area contributed by atoms with E-state index in [4.69, 9.17) is 5.73 Å². The van der Waals surface area contributed by atoms with E-state index in [-0.39, 0.29) is 0 Å². The second-order valence-corrected chi connectivity index (χ2v) is 3.81. The summed E-state index contributed by atoms with van der Waals surface area (Å²) < 4.78 is 0. The Labute approximate surface area is 79.1 Å². The minimum absolute atomic E-state index is 0.879. The van der Waals surface area contributed by atoms with Crippen LogP contribution in [0.5, 0.6) is 0 Å². The van der Waals surface area contributed by atoms with E-state index in [9.17, 15) is 0 Å². The van der Waals surface area contributed by atoms with Gasteiger partial charge in [-0.15, -0.1) is 0 Å². The molecule has 0 aliphatic carbocycles. The third kappa shape index (κ3) is 2.22. The van der Waals surface area contributed by atoms with Crippen LogP contribution < -0.4 is 11.1 Å². The van der Waals surface area contributed by atoms with Gasteiger partial charge in [0.1, 0.15) is 0 Å². The zero-order valence-electron chi connectivity index (χ0n) is 7.79. The quantitative estimate of drug-likeness (QED) is 0.684. The summed E-state index contributed by atoms with van der Waals surface area (Å²) in [5.41, 5.74) is 7.95. The lowest BCUT2D eigenvalue weighted by Crippen LogP contribution is -2.42. The molecule has 0 radical (unpaired) electrons. The predicted molar refractivity (Wildman–Crippen MR) is 55.5 cm³/mol. The van der Waals surface area contributed by atoms with Gasteiger partial charge in [0.2, 0.25) is 0 Å². The van der Waals surface area contributed by atoms with Gasteiger partial charge in [-0.05, 0) is 49.5 Å². The monoisotopic (exact) mass is 176 g/mol. The molecular formula is C11H16N2. The molecular weight excluding hydrogens is 160 g/mol. The molecule has 1 aliphatic heterocycles. The molecule has 0 bridgehead atoms. The first-order valence-corrected chi connectivity index (χ1v) is 4.90. The Hall–Kier alpha value is -1.02. The molecule has 0 unspecified atom stereocenters. The molecule has 1 fully saturated rings. The number of anilines is 1. The molecule has 1 heterocycles. The van der Waals surface area contributed by atoms with Crippen LogP contribution in [-0.2, 0) is 6.42 Å². The van der Waals surface area contributed by atoms with Crippen LogP contribution in [0.15, 0.2) is 24.3 Å². The molecule has 0 spiro atoms. The van der Waals surface area contributed by atoms with Gasteiger partial charge < -0.3 is 11.1 Å². The van der Waals surface area contributed by atoms with Gasteiger partial charge in [-0.1, -0.05) is 12.1 Å². The minimum atomic E-state index is 0.879. The third-order valence-corrected chi connectivity index (χ3v) is 2.66. The summed E-state index contributed by atoms with van der Waals surface area (Å²) in [6.45, 7) is 2.39. The number of rotatable bonds is 3. The number of hydrogen-bond donors (Lipinski definition) is 2. The fourth-order valence-electron chi connectivity index (χ4n) is 1.67. The molecule has 1 saturated heterocycles. The Morgan fingerprint density at radius 1 is 1.38 bits per heavy atom. The van der Waals surface area contributed by atoms with Crippen molar-refractivity contribution in [2.24, 2.45) is 5.92 Å². The molecule has 2 rings (SSSR count). The zero-order valence-corrected chi connectivity index (χ0v) is 7.79. The van der Waals surface area contributed by atoms with E-state index in [2.05, 4.69) is 17.4 Å². The van der Waals surface area contributed by atoms with Crippen molar-refractivity contribution >= 4 is 5.69 Å². The maximum absolute atomic E-state index is 5.70. The summed E-state index contributed by atoms with van der Waals surface area (Å²) in [4.78, 5) is 0. The second-order valence-electron chi connectivity index (χ2n) is 3.81. The first-order valence-electron chi connectivity index (χ1n) is 4.90. The number of benzene rings is 1.